The first-order chi connectivity index (χ1) is 19.7. The molecule has 2 aliphatic heterocycles. The van der Waals surface area contributed by atoms with Crippen LogP contribution in [0.4, 0.5) is 14.9 Å². The molecular weight excluding hydrogens is 545 g/mol. The summed E-state index contributed by atoms with van der Waals surface area (Å²) in [5.74, 6) is -0.239. The fourth-order valence-corrected chi connectivity index (χ4v) is 6.02. The highest BCUT2D eigenvalue weighted by atomic mass is 35.5. The fourth-order valence-electron chi connectivity index (χ4n) is 5.89. The van der Waals surface area contributed by atoms with Crippen molar-refractivity contribution in [2.24, 2.45) is 5.92 Å². The quantitative estimate of drug-likeness (QED) is 0.412. The first kappa shape index (κ1) is 28.4. The van der Waals surface area contributed by atoms with Crippen molar-refractivity contribution >= 4 is 29.3 Å². The smallest absolute Gasteiger partial charge is 0.410 e. The number of likely N-dealkylation sites (tertiary alicyclic amines) is 1. The van der Waals surface area contributed by atoms with Gasteiger partial charge < -0.3 is 19.4 Å². The summed E-state index contributed by atoms with van der Waals surface area (Å²) in [6.07, 6.45) is 2.50. The molecule has 0 aliphatic carbocycles. The van der Waals surface area contributed by atoms with E-state index in [4.69, 9.17) is 21.6 Å². The summed E-state index contributed by atoms with van der Waals surface area (Å²) in [4.78, 5) is 36.8. The van der Waals surface area contributed by atoms with Crippen molar-refractivity contribution in [3.8, 4) is 11.8 Å². The number of pyridine rings is 1. The number of hydrogen-bond acceptors (Lipinski definition) is 6. The molecule has 2 amide bonds. The van der Waals surface area contributed by atoms with Crippen molar-refractivity contribution in [2.45, 2.75) is 31.2 Å². The molecule has 5 rings (SSSR count). The molecule has 2 saturated heterocycles. The lowest BCUT2D eigenvalue weighted by Gasteiger charge is -2.36. The number of carbonyl (C=O) groups is 2. The number of hydrogen-bond donors (Lipinski definition) is 0. The third-order valence-corrected chi connectivity index (χ3v) is 8.56. The number of likely N-dealkylation sites (N-methyl/N-ethyl adjacent to an activating group) is 1. The summed E-state index contributed by atoms with van der Waals surface area (Å²) in [6, 6.07) is 18.0. The van der Waals surface area contributed by atoms with Crippen molar-refractivity contribution in [2.75, 3.05) is 38.1 Å². The van der Waals surface area contributed by atoms with Gasteiger partial charge in [0.1, 0.15) is 23.3 Å². The zero-order valence-electron chi connectivity index (χ0n) is 23.0. The first-order valence-corrected chi connectivity index (χ1v) is 13.9. The molecule has 1 aromatic heterocycles. The van der Waals surface area contributed by atoms with Crippen LogP contribution in [0.2, 0.25) is 5.02 Å². The molecule has 212 valence electrons. The van der Waals surface area contributed by atoms with Gasteiger partial charge in [-0.25, -0.2) is 14.2 Å². The standard InChI is InChI=1S/C31H31ClFN5O3/c1-31(22-3-5-23(32)6-4-22)20-38(19-28(31)36(2)30(40)41-27-11-7-24(33)8-12-27)29(39)21-13-15-37(16-14-21)26-10-9-25(17-34)35-18-26/h3-12,18,21,28H,13-16,19-20H2,1-2H3. The second-order valence-electron chi connectivity index (χ2n) is 10.9. The molecule has 3 aromatic rings. The highest BCUT2D eigenvalue weighted by Gasteiger charge is 2.50. The van der Waals surface area contributed by atoms with E-state index in [9.17, 15) is 14.0 Å². The molecule has 2 unspecified atom stereocenters. The summed E-state index contributed by atoms with van der Waals surface area (Å²) < 4.78 is 18.9. The van der Waals surface area contributed by atoms with Gasteiger partial charge in [-0.2, -0.15) is 5.26 Å². The number of ether oxygens (including phenoxy) is 1. The molecule has 2 aromatic carbocycles. The van der Waals surface area contributed by atoms with Crippen LogP contribution in [0.1, 0.15) is 31.0 Å². The van der Waals surface area contributed by atoms with Gasteiger partial charge >= 0.3 is 6.09 Å². The second-order valence-corrected chi connectivity index (χ2v) is 11.3. The Morgan fingerprint density at radius 1 is 1.10 bits per heavy atom. The monoisotopic (exact) mass is 575 g/mol. The van der Waals surface area contributed by atoms with Gasteiger partial charge in [0.05, 0.1) is 17.9 Å². The number of aromatic nitrogens is 1. The maximum absolute atomic E-state index is 13.8. The highest BCUT2D eigenvalue weighted by molar-refractivity contribution is 6.30. The molecule has 8 nitrogen and oxygen atoms in total. The third kappa shape index (κ3) is 5.98. The van der Waals surface area contributed by atoms with Gasteiger partial charge in [0.15, 0.2) is 0 Å². The molecule has 0 N–H and O–H groups in total. The van der Waals surface area contributed by atoms with Crippen LogP contribution >= 0.6 is 11.6 Å². The average Bonchev–Trinajstić information content (AvgIpc) is 3.36. The summed E-state index contributed by atoms with van der Waals surface area (Å²) in [5.41, 5.74) is 1.70. The highest BCUT2D eigenvalue weighted by Crippen LogP contribution is 2.39. The molecular formula is C31H31ClFN5O3. The van der Waals surface area contributed by atoms with E-state index < -0.39 is 17.3 Å². The van der Waals surface area contributed by atoms with Crippen LogP contribution in [0.15, 0.2) is 66.9 Å². The number of nitrogens with zero attached hydrogens (tertiary/aromatic N) is 5. The number of amides is 2. The van der Waals surface area contributed by atoms with Crippen molar-refractivity contribution < 1.29 is 18.7 Å². The van der Waals surface area contributed by atoms with Crippen molar-refractivity contribution in [1.29, 1.82) is 5.26 Å². The van der Waals surface area contributed by atoms with Gasteiger partial charge in [-0.3, -0.25) is 4.79 Å². The van der Waals surface area contributed by atoms with Gasteiger partial charge in [-0.05, 0) is 66.9 Å². The van der Waals surface area contributed by atoms with Crippen LogP contribution in [0.25, 0.3) is 0 Å². The molecule has 0 spiro atoms. The lowest BCUT2D eigenvalue weighted by Crippen LogP contribution is -2.50. The van der Waals surface area contributed by atoms with E-state index >= 15 is 0 Å². The zero-order valence-corrected chi connectivity index (χ0v) is 23.7. The number of anilines is 1. The Balaban J connectivity index is 1.31. The van der Waals surface area contributed by atoms with Crippen LogP contribution in [0, 0.1) is 23.1 Å². The van der Waals surface area contributed by atoms with Crippen LogP contribution in [0.5, 0.6) is 5.75 Å². The number of nitriles is 1. The number of rotatable bonds is 5. The Bertz CT molecular complexity index is 1440. The van der Waals surface area contributed by atoms with Crippen molar-refractivity contribution in [3.05, 3.63) is 89.0 Å². The summed E-state index contributed by atoms with van der Waals surface area (Å²) in [5, 5.41) is 9.61. The minimum absolute atomic E-state index is 0.0746. The third-order valence-electron chi connectivity index (χ3n) is 8.31. The van der Waals surface area contributed by atoms with Gasteiger partial charge in [0.25, 0.3) is 0 Å². The summed E-state index contributed by atoms with van der Waals surface area (Å²) in [6.45, 7) is 4.26. The lowest BCUT2D eigenvalue weighted by atomic mass is 9.77. The predicted molar refractivity (Wildman–Crippen MR) is 153 cm³/mol. The largest absolute Gasteiger partial charge is 0.415 e. The van der Waals surface area contributed by atoms with E-state index in [1.165, 1.54) is 29.2 Å². The van der Waals surface area contributed by atoms with Crippen molar-refractivity contribution in [1.82, 2.24) is 14.8 Å². The van der Waals surface area contributed by atoms with Gasteiger partial charge in [0.2, 0.25) is 5.91 Å². The summed E-state index contributed by atoms with van der Waals surface area (Å²) in [7, 11) is 1.67. The molecule has 2 fully saturated rings. The Hall–Kier alpha value is -4.16. The Kier molecular flexibility index (Phi) is 8.13. The van der Waals surface area contributed by atoms with E-state index in [0.29, 0.717) is 49.7 Å². The SMILES string of the molecule is CN(C(=O)Oc1ccc(F)cc1)C1CN(C(=O)C2CCN(c3ccc(C#N)nc3)CC2)CC1(C)c1ccc(Cl)cc1. The number of carbonyl (C=O) groups excluding carboxylic acids is 2. The molecule has 10 heteroatoms. The number of piperidine rings is 1. The summed E-state index contributed by atoms with van der Waals surface area (Å²) >= 11 is 6.17. The lowest BCUT2D eigenvalue weighted by molar-refractivity contribution is -0.135. The number of halogens is 2. The topological polar surface area (TPSA) is 89.8 Å². The zero-order chi connectivity index (χ0) is 29.1. The molecule has 0 bridgehead atoms. The maximum atomic E-state index is 13.8. The molecule has 0 radical (unpaired) electrons. The van der Waals surface area contributed by atoms with Gasteiger partial charge in [-0.15, -0.1) is 0 Å². The van der Waals surface area contributed by atoms with E-state index in [-0.39, 0.29) is 23.6 Å². The minimum atomic E-state index is -0.583. The molecule has 0 saturated carbocycles. The average molecular weight is 576 g/mol. The van der Waals surface area contributed by atoms with Crippen molar-refractivity contribution in [3.63, 3.8) is 0 Å². The van der Waals surface area contributed by atoms with E-state index in [2.05, 4.69) is 16.8 Å². The van der Waals surface area contributed by atoms with Gasteiger partial charge in [-0.1, -0.05) is 30.7 Å². The number of benzene rings is 2. The predicted octanol–water partition coefficient (Wildman–Crippen LogP) is 5.26. The van der Waals surface area contributed by atoms with E-state index in [0.717, 1.165) is 11.3 Å². The first-order valence-electron chi connectivity index (χ1n) is 13.5. The van der Waals surface area contributed by atoms with Crippen LogP contribution in [-0.2, 0) is 10.2 Å². The Morgan fingerprint density at radius 2 is 1.78 bits per heavy atom. The van der Waals surface area contributed by atoms with Crippen LogP contribution in [-0.4, -0.2) is 66.1 Å². The van der Waals surface area contributed by atoms with Crippen LogP contribution in [0.3, 0.4) is 0 Å². The molecule has 3 heterocycles. The normalized spacial score (nSPS) is 20.9. The maximum Gasteiger partial charge on any atom is 0.415 e. The van der Waals surface area contributed by atoms with E-state index in [1.54, 1.807) is 19.3 Å². The van der Waals surface area contributed by atoms with Gasteiger partial charge in [0, 0.05) is 49.6 Å². The Morgan fingerprint density at radius 3 is 2.39 bits per heavy atom. The molecule has 41 heavy (non-hydrogen) atoms. The molecule has 2 aliphatic rings. The minimum Gasteiger partial charge on any atom is -0.410 e. The van der Waals surface area contributed by atoms with Crippen LogP contribution < -0.4 is 9.64 Å². The second kappa shape index (κ2) is 11.8. The molecule has 2 atom stereocenters. The fraction of sp³-hybridized carbons (Fsp3) is 0.355. The Labute approximate surface area is 243 Å². The van der Waals surface area contributed by atoms with E-state index in [1.807, 2.05) is 41.3 Å².